The van der Waals surface area contributed by atoms with Crippen LogP contribution in [0.1, 0.15) is 43.9 Å². The number of ether oxygens (including phenoxy) is 2. The zero-order chi connectivity index (χ0) is 23.1. The number of amides is 2. The SMILES string of the molecule is C=Cc1ccc(OCc2ccccc2)c(CC(=O)N[C@@H]2CCN(C(=O)OC(C)(C)C)C2)c1. The average Bonchev–Trinajstić information content (AvgIpc) is 3.21. The van der Waals surface area contributed by atoms with Crippen molar-refractivity contribution in [2.45, 2.75) is 51.9 Å². The molecule has 6 nitrogen and oxygen atoms in total. The van der Waals surface area contributed by atoms with E-state index in [1.807, 2.05) is 69.3 Å². The van der Waals surface area contributed by atoms with Gasteiger partial charge in [0.05, 0.1) is 6.42 Å². The van der Waals surface area contributed by atoms with Crippen molar-refractivity contribution in [3.8, 4) is 5.75 Å². The van der Waals surface area contributed by atoms with E-state index in [9.17, 15) is 9.59 Å². The molecular formula is C26H32N2O4. The number of nitrogens with one attached hydrogen (secondary N) is 1. The summed E-state index contributed by atoms with van der Waals surface area (Å²) in [6.07, 6.45) is 2.30. The Hall–Kier alpha value is -3.28. The minimum Gasteiger partial charge on any atom is -0.489 e. The second kappa shape index (κ2) is 10.4. The Bertz CT molecular complexity index is 950. The van der Waals surface area contributed by atoms with Gasteiger partial charge in [0, 0.05) is 24.7 Å². The highest BCUT2D eigenvalue weighted by atomic mass is 16.6. The van der Waals surface area contributed by atoms with Gasteiger partial charge in [-0.25, -0.2) is 4.79 Å². The first kappa shape index (κ1) is 23.4. The molecule has 32 heavy (non-hydrogen) atoms. The summed E-state index contributed by atoms with van der Waals surface area (Å²) in [5.41, 5.74) is 2.25. The van der Waals surface area contributed by atoms with Crippen LogP contribution in [0.25, 0.3) is 6.08 Å². The lowest BCUT2D eigenvalue weighted by Gasteiger charge is -2.24. The third-order valence-electron chi connectivity index (χ3n) is 5.11. The van der Waals surface area contributed by atoms with Crippen LogP contribution in [0, 0.1) is 0 Å². The molecule has 2 amide bonds. The standard InChI is InChI=1S/C26H32N2O4/c1-5-19-11-12-23(31-18-20-9-7-6-8-10-20)21(15-19)16-24(29)27-22-13-14-28(17-22)25(30)32-26(2,3)4/h5-12,15,22H,1,13-14,16-18H2,2-4H3,(H,27,29)/t22-/m1/s1. The number of carbonyl (C=O) groups is 2. The van der Waals surface area contributed by atoms with Crippen LogP contribution in [0.4, 0.5) is 4.79 Å². The second-order valence-electron chi connectivity index (χ2n) is 9.00. The molecule has 0 aliphatic carbocycles. The zero-order valence-corrected chi connectivity index (χ0v) is 19.1. The van der Waals surface area contributed by atoms with E-state index in [1.54, 1.807) is 11.0 Å². The van der Waals surface area contributed by atoms with Crippen LogP contribution in [0.3, 0.4) is 0 Å². The van der Waals surface area contributed by atoms with Crippen molar-refractivity contribution in [3.05, 3.63) is 71.8 Å². The topological polar surface area (TPSA) is 67.9 Å². The van der Waals surface area contributed by atoms with Crippen molar-refractivity contribution in [3.63, 3.8) is 0 Å². The zero-order valence-electron chi connectivity index (χ0n) is 19.1. The summed E-state index contributed by atoms with van der Waals surface area (Å²) < 4.78 is 11.4. The monoisotopic (exact) mass is 436 g/mol. The van der Waals surface area contributed by atoms with Crippen molar-refractivity contribution < 1.29 is 19.1 Å². The Kier molecular flexibility index (Phi) is 7.57. The molecule has 0 aromatic heterocycles. The molecule has 0 saturated carbocycles. The summed E-state index contributed by atoms with van der Waals surface area (Å²) in [6.45, 7) is 10.8. The Morgan fingerprint density at radius 3 is 2.62 bits per heavy atom. The van der Waals surface area contributed by atoms with Gasteiger partial charge < -0.3 is 19.7 Å². The first-order valence-electron chi connectivity index (χ1n) is 10.9. The molecule has 1 aliphatic rings. The van der Waals surface area contributed by atoms with Crippen LogP contribution < -0.4 is 10.1 Å². The molecule has 6 heteroatoms. The van der Waals surface area contributed by atoms with Gasteiger partial charge in [-0.05, 0) is 50.5 Å². The lowest BCUT2D eigenvalue weighted by atomic mass is 10.1. The van der Waals surface area contributed by atoms with Crippen LogP contribution in [0.5, 0.6) is 5.75 Å². The number of carbonyl (C=O) groups excluding carboxylic acids is 2. The fourth-order valence-corrected chi connectivity index (χ4v) is 3.56. The minimum atomic E-state index is -0.537. The molecule has 2 aromatic rings. The maximum absolute atomic E-state index is 12.8. The fourth-order valence-electron chi connectivity index (χ4n) is 3.56. The van der Waals surface area contributed by atoms with Crippen molar-refractivity contribution in [1.82, 2.24) is 10.2 Å². The molecular weight excluding hydrogens is 404 g/mol. The summed E-state index contributed by atoms with van der Waals surface area (Å²) in [4.78, 5) is 26.7. The van der Waals surface area contributed by atoms with E-state index >= 15 is 0 Å². The largest absolute Gasteiger partial charge is 0.489 e. The van der Waals surface area contributed by atoms with Gasteiger partial charge in [-0.3, -0.25) is 4.79 Å². The van der Waals surface area contributed by atoms with E-state index < -0.39 is 5.60 Å². The van der Waals surface area contributed by atoms with Crippen LogP contribution in [-0.4, -0.2) is 41.6 Å². The summed E-state index contributed by atoms with van der Waals surface area (Å²) in [5, 5.41) is 3.04. The molecule has 0 radical (unpaired) electrons. The Morgan fingerprint density at radius 2 is 1.94 bits per heavy atom. The first-order chi connectivity index (χ1) is 15.2. The molecule has 0 unspecified atom stereocenters. The number of hydrogen-bond acceptors (Lipinski definition) is 4. The summed E-state index contributed by atoms with van der Waals surface area (Å²) in [5.74, 6) is 0.572. The number of likely N-dealkylation sites (tertiary alicyclic amines) is 1. The van der Waals surface area contributed by atoms with Crippen molar-refractivity contribution in [1.29, 1.82) is 0 Å². The van der Waals surface area contributed by atoms with Gasteiger partial charge in [0.2, 0.25) is 5.91 Å². The lowest BCUT2D eigenvalue weighted by molar-refractivity contribution is -0.121. The number of benzene rings is 2. The van der Waals surface area contributed by atoms with E-state index in [1.165, 1.54) is 0 Å². The minimum absolute atomic E-state index is 0.0914. The second-order valence-corrected chi connectivity index (χ2v) is 9.00. The van der Waals surface area contributed by atoms with Gasteiger partial charge in [0.15, 0.2) is 0 Å². The number of hydrogen-bond donors (Lipinski definition) is 1. The molecule has 1 atom stereocenters. The Morgan fingerprint density at radius 1 is 1.19 bits per heavy atom. The predicted octanol–water partition coefficient (Wildman–Crippen LogP) is 4.58. The van der Waals surface area contributed by atoms with Crippen molar-refractivity contribution in [2.24, 2.45) is 0 Å². The van der Waals surface area contributed by atoms with E-state index in [-0.39, 0.29) is 24.5 Å². The van der Waals surface area contributed by atoms with Crippen LogP contribution in [0.15, 0.2) is 55.1 Å². The van der Waals surface area contributed by atoms with E-state index in [2.05, 4.69) is 11.9 Å². The average molecular weight is 437 g/mol. The van der Waals surface area contributed by atoms with E-state index in [0.29, 0.717) is 31.9 Å². The molecule has 1 saturated heterocycles. The van der Waals surface area contributed by atoms with E-state index in [4.69, 9.17) is 9.47 Å². The smallest absolute Gasteiger partial charge is 0.410 e. The van der Waals surface area contributed by atoms with Gasteiger partial charge >= 0.3 is 6.09 Å². The molecule has 0 spiro atoms. The molecule has 1 fully saturated rings. The predicted molar refractivity (Wildman–Crippen MR) is 125 cm³/mol. The molecule has 2 aromatic carbocycles. The molecule has 170 valence electrons. The first-order valence-corrected chi connectivity index (χ1v) is 10.9. The highest BCUT2D eigenvalue weighted by molar-refractivity contribution is 5.80. The summed E-state index contributed by atoms with van der Waals surface area (Å²) in [6, 6.07) is 15.5. The van der Waals surface area contributed by atoms with Gasteiger partial charge in [0.25, 0.3) is 0 Å². The molecule has 1 N–H and O–H groups in total. The highest BCUT2D eigenvalue weighted by Gasteiger charge is 2.30. The van der Waals surface area contributed by atoms with Gasteiger partial charge in [-0.1, -0.05) is 49.1 Å². The Labute approximate surface area is 190 Å². The third kappa shape index (κ3) is 6.87. The van der Waals surface area contributed by atoms with Gasteiger partial charge in [-0.15, -0.1) is 0 Å². The number of nitrogens with zero attached hydrogens (tertiary/aromatic N) is 1. The fraction of sp³-hybridized carbons (Fsp3) is 0.385. The van der Waals surface area contributed by atoms with Crippen LogP contribution in [-0.2, 0) is 22.6 Å². The van der Waals surface area contributed by atoms with Crippen LogP contribution >= 0.6 is 0 Å². The molecule has 1 aliphatic heterocycles. The highest BCUT2D eigenvalue weighted by Crippen LogP contribution is 2.23. The van der Waals surface area contributed by atoms with E-state index in [0.717, 1.165) is 16.7 Å². The molecule has 1 heterocycles. The van der Waals surface area contributed by atoms with Gasteiger partial charge in [-0.2, -0.15) is 0 Å². The molecule has 0 bridgehead atoms. The molecule has 3 rings (SSSR count). The van der Waals surface area contributed by atoms with Crippen molar-refractivity contribution in [2.75, 3.05) is 13.1 Å². The summed E-state index contributed by atoms with van der Waals surface area (Å²) in [7, 11) is 0. The lowest BCUT2D eigenvalue weighted by Crippen LogP contribution is -2.40. The maximum atomic E-state index is 12.8. The normalized spacial score (nSPS) is 15.8. The maximum Gasteiger partial charge on any atom is 0.410 e. The van der Waals surface area contributed by atoms with Gasteiger partial charge in [0.1, 0.15) is 18.0 Å². The quantitative estimate of drug-likeness (QED) is 0.690. The van der Waals surface area contributed by atoms with Crippen molar-refractivity contribution >= 4 is 18.1 Å². The third-order valence-corrected chi connectivity index (χ3v) is 5.11. The number of rotatable bonds is 7. The Balaban J connectivity index is 1.59. The summed E-state index contributed by atoms with van der Waals surface area (Å²) >= 11 is 0. The van der Waals surface area contributed by atoms with Crippen LogP contribution in [0.2, 0.25) is 0 Å².